The summed E-state index contributed by atoms with van der Waals surface area (Å²) >= 11 is 0. The van der Waals surface area contributed by atoms with Gasteiger partial charge in [0.25, 0.3) is 0 Å². The number of carbonyl (C=O) groups is 1. The van der Waals surface area contributed by atoms with Crippen molar-refractivity contribution in [3.05, 3.63) is 52.6 Å². The van der Waals surface area contributed by atoms with Crippen molar-refractivity contribution >= 4 is 12.0 Å². The summed E-state index contributed by atoms with van der Waals surface area (Å²) in [5.74, 6) is 1.31. The lowest BCUT2D eigenvalue weighted by Crippen LogP contribution is -2.30. The highest BCUT2D eigenvalue weighted by Gasteiger charge is 2.22. The molecule has 2 N–H and O–H groups in total. The summed E-state index contributed by atoms with van der Waals surface area (Å²) in [6.45, 7) is 10.5. The van der Waals surface area contributed by atoms with Crippen LogP contribution in [0.5, 0.6) is 11.5 Å². The molecule has 0 heterocycles. The second-order valence-electron chi connectivity index (χ2n) is 8.42. The number of aryl methyl sites for hydroxylation is 2. The summed E-state index contributed by atoms with van der Waals surface area (Å²) in [5.41, 5.74) is 5.89. The quantitative estimate of drug-likeness (QED) is 0.620. The van der Waals surface area contributed by atoms with E-state index in [9.17, 15) is 9.90 Å². The van der Waals surface area contributed by atoms with Crippen LogP contribution in [0.25, 0.3) is 17.2 Å². The maximum absolute atomic E-state index is 12.2. The molecule has 1 fully saturated rings. The molecule has 0 bridgehead atoms. The van der Waals surface area contributed by atoms with Crippen LogP contribution in [0.1, 0.15) is 50.3 Å². The van der Waals surface area contributed by atoms with E-state index in [1.807, 2.05) is 52.8 Å². The molecule has 1 amide bonds. The van der Waals surface area contributed by atoms with Gasteiger partial charge in [0.05, 0.1) is 6.61 Å². The third-order valence-electron chi connectivity index (χ3n) is 5.20. The Balaban J connectivity index is 1.83. The van der Waals surface area contributed by atoms with E-state index in [1.165, 1.54) is 12.8 Å². The van der Waals surface area contributed by atoms with Gasteiger partial charge in [-0.3, -0.25) is 4.79 Å². The van der Waals surface area contributed by atoms with Crippen molar-refractivity contribution < 1.29 is 14.6 Å². The van der Waals surface area contributed by atoms with Crippen LogP contribution in [0.4, 0.5) is 0 Å². The number of carbonyl (C=O) groups excluding carboxylic acids is 1. The molecule has 0 spiro atoms. The van der Waals surface area contributed by atoms with Crippen LogP contribution in [-0.4, -0.2) is 23.7 Å². The summed E-state index contributed by atoms with van der Waals surface area (Å²) in [7, 11) is 0. The van der Waals surface area contributed by atoms with Gasteiger partial charge >= 0.3 is 0 Å². The number of nitrogens with one attached hydrogen (secondary N) is 1. The van der Waals surface area contributed by atoms with Crippen LogP contribution in [-0.2, 0) is 4.79 Å². The smallest absolute Gasteiger partial charge is 0.247 e. The van der Waals surface area contributed by atoms with Crippen LogP contribution in [0.2, 0.25) is 0 Å². The van der Waals surface area contributed by atoms with E-state index in [0.717, 1.165) is 27.8 Å². The van der Waals surface area contributed by atoms with Gasteiger partial charge in [0.1, 0.15) is 0 Å². The van der Waals surface area contributed by atoms with Crippen LogP contribution in [0, 0.1) is 19.8 Å². The number of ether oxygens (including phenoxy) is 1. The van der Waals surface area contributed by atoms with E-state index < -0.39 is 0 Å². The molecule has 0 unspecified atom stereocenters. The number of hydrogen-bond acceptors (Lipinski definition) is 3. The van der Waals surface area contributed by atoms with Crippen molar-refractivity contribution in [1.29, 1.82) is 0 Å². The Labute approximate surface area is 173 Å². The van der Waals surface area contributed by atoms with Crippen LogP contribution in [0.15, 0.2) is 35.9 Å². The largest absolute Gasteiger partial charge is 0.504 e. The third-order valence-corrected chi connectivity index (χ3v) is 5.20. The Kier molecular flexibility index (Phi) is 6.31. The molecule has 4 nitrogen and oxygen atoms in total. The highest BCUT2D eigenvalue weighted by atomic mass is 16.5. The van der Waals surface area contributed by atoms with Crippen molar-refractivity contribution in [2.75, 3.05) is 6.61 Å². The van der Waals surface area contributed by atoms with Crippen molar-refractivity contribution in [3.8, 4) is 22.6 Å². The minimum atomic E-state index is -0.0483. The van der Waals surface area contributed by atoms with Crippen LogP contribution >= 0.6 is 0 Å². The lowest BCUT2D eigenvalue weighted by atomic mass is 9.94. The van der Waals surface area contributed by atoms with Gasteiger partial charge in [-0.05, 0) is 99.4 Å². The summed E-state index contributed by atoms with van der Waals surface area (Å²) in [6.07, 6.45) is 4.36. The topological polar surface area (TPSA) is 58.6 Å². The van der Waals surface area contributed by atoms with E-state index in [-0.39, 0.29) is 17.7 Å². The Morgan fingerprint density at radius 3 is 2.55 bits per heavy atom. The monoisotopic (exact) mass is 393 g/mol. The highest BCUT2D eigenvalue weighted by Crippen LogP contribution is 2.36. The molecule has 29 heavy (non-hydrogen) atoms. The van der Waals surface area contributed by atoms with E-state index >= 15 is 0 Å². The van der Waals surface area contributed by atoms with Crippen molar-refractivity contribution in [2.45, 2.75) is 53.5 Å². The minimum Gasteiger partial charge on any atom is -0.504 e. The van der Waals surface area contributed by atoms with Crippen molar-refractivity contribution in [1.82, 2.24) is 5.32 Å². The molecule has 2 aromatic rings. The van der Waals surface area contributed by atoms with E-state index in [1.54, 1.807) is 6.07 Å². The Bertz CT molecular complexity index is 939. The van der Waals surface area contributed by atoms with Gasteiger partial charge in [-0.1, -0.05) is 18.2 Å². The number of phenolic OH excluding ortho intramolecular Hbond substituents is 1. The molecular formula is C25H31NO3. The predicted molar refractivity (Wildman–Crippen MR) is 118 cm³/mol. The number of amides is 1. The maximum Gasteiger partial charge on any atom is 0.247 e. The van der Waals surface area contributed by atoms with Gasteiger partial charge in [-0.2, -0.15) is 0 Å². The average Bonchev–Trinajstić information content (AvgIpc) is 3.47. The molecule has 3 rings (SSSR count). The highest BCUT2D eigenvalue weighted by molar-refractivity contribution is 5.97. The summed E-state index contributed by atoms with van der Waals surface area (Å²) in [5, 5.41) is 13.3. The SMILES string of the molecule is CC(=Cc1cc(C)c(-c2ccc(OCC3CC3)c(O)c2)cc1C)C(=O)NC(C)C. The summed E-state index contributed by atoms with van der Waals surface area (Å²) < 4.78 is 5.72. The molecule has 0 radical (unpaired) electrons. The molecule has 1 saturated carbocycles. The fourth-order valence-corrected chi connectivity index (χ4v) is 3.28. The summed E-state index contributed by atoms with van der Waals surface area (Å²) in [6, 6.07) is 9.90. The van der Waals surface area contributed by atoms with Gasteiger partial charge in [-0.25, -0.2) is 0 Å². The Morgan fingerprint density at radius 2 is 1.93 bits per heavy atom. The van der Waals surface area contributed by atoms with Gasteiger partial charge < -0.3 is 15.2 Å². The first-order valence-corrected chi connectivity index (χ1v) is 10.3. The van der Waals surface area contributed by atoms with Crippen LogP contribution in [0.3, 0.4) is 0 Å². The second kappa shape index (κ2) is 8.73. The Morgan fingerprint density at radius 1 is 1.21 bits per heavy atom. The molecule has 2 aromatic carbocycles. The number of rotatable bonds is 7. The molecule has 1 aliphatic rings. The van der Waals surface area contributed by atoms with Gasteiger partial charge in [0.2, 0.25) is 5.91 Å². The lowest BCUT2D eigenvalue weighted by Gasteiger charge is -2.14. The second-order valence-corrected chi connectivity index (χ2v) is 8.42. The normalized spacial score (nSPS) is 14.2. The lowest BCUT2D eigenvalue weighted by molar-refractivity contribution is -0.117. The first-order chi connectivity index (χ1) is 13.7. The predicted octanol–water partition coefficient (Wildman–Crippen LogP) is 5.39. The van der Waals surface area contributed by atoms with Crippen molar-refractivity contribution in [3.63, 3.8) is 0 Å². The molecule has 154 valence electrons. The maximum atomic E-state index is 12.2. The first kappa shape index (κ1) is 21.0. The zero-order valence-corrected chi connectivity index (χ0v) is 18.0. The number of benzene rings is 2. The van der Waals surface area contributed by atoms with Gasteiger partial charge in [0, 0.05) is 11.6 Å². The van der Waals surface area contributed by atoms with Crippen molar-refractivity contribution in [2.24, 2.45) is 5.92 Å². The number of hydrogen-bond donors (Lipinski definition) is 2. The molecule has 1 aliphatic carbocycles. The minimum absolute atomic E-state index is 0.0483. The third kappa shape index (κ3) is 5.41. The molecule has 4 heteroatoms. The van der Waals surface area contributed by atoms with E-state index in [4.69, 9.17) is 4.74 Å². The van der Waals surface area contributed by atoms with Crippen LogP contribution < -0.4 is 10.1 Å². The standard InChI is InChI=1S/C25H31NO3/c1-15(2)26-25(28)18(5)11-21-10-17(4)22(12-16(21)3)20-8-9-24(23(27)13-20)29-14-19-6-7-19/h8-13,15,19,27H,6-7,14H2,1-5H3,(H,26,28). The number of phenols is 1. The Hall–Kier alpha value is -2.75. The fourth-order valence-electron chi connectivity index (χ4n) is 3.28. The van der Waals surface area contributed by atoms with Gasteiger partial charge in [0.15, 0.2) is 11.5 Å². The molecule has 0 aromatic heterocycles. The zero-order valence-electron chi connectivity index (χ0n) is 18.0. The summed E-state index contributed by atoms with van der Waals surface area (Å²) in [4.78, 5) is 12.2. The van der Waals surface area contributed by atoms with E-state index in [0.29, 0.717) is 23.8 Å². The average molecular weight is 394 g/mol. The number of aromatic hydroxyl groups is 1. The zero-order chi connectivity index (χ0) is 21.1. The molecule has 0 atom stereocenters. The first-order valence-electron chi connectivity index (χ1n) is 10.3. The van der Waals surface area contributed by atoms with E-state index in [2.05, 4.69) is 17.4 Å². The molecule has 0 aliphatic heterocycles. The molecule has 0 saturated heterocycles. The van der Waals surface area contributed by atoms with Gasteiger partial charge in [-0.15, -0.1) is 0 Å². The fraction of sp³-hybridized carbons (Fsp3) is 0.400. The molecular weight excluding hydrogens is 362 g/mol.